The van der Waals surface area contributed by atoms with Gasteiger partial charge < -0.3 is 9.73 Å². The Hall–Kier alpha value is -0.760. The lowest BCUT2D eigenvalue weighted by Gasteiger charge is -2.42. The van der Waals surface area contributed by atoms with E-state index in [1.807, 2.05) is 6.07 Å². The normalized spacial score (nSPS) is 25.7. The van der Waals surface area contributed by atoms with Crippen molar-refractivity contribution in [1.82, 2.24) is 5.32 Å². The van der Waals surface area contributed by atoms with Crippen LogP contribution in [-0.2, 0) is 0 Å². The maximum atomic E-state index is 5.63. The number of nitrogens with one attached hydrogen (secondary N) is 1. The molecule has 0 radical (unpaired) electrons. The van der Waals surface area contributed by atoms with E-state index in [2.05, 4.69) is 32.2 Å². The molecule has 1 aromatic rings. The third-order valence-electron chi connectivity index (χ3n) is 4.27. The van der Waals surface area contributed by atoms with Crippen molar-refractivity contribution >= 4 is 0 Å². The van der Waals surface area contributed by atoms with Crippen molar-refractivity contribution in [2.45, 2.75) is 52.5 Å². The monoisotopic (exact) mass is 235 g/mol. The molecule has 2 unspecified atom stereocenters. The lowest BCUT2D eigenvalue weighted by Crippen LogP contribution is -2.38. The van der Waals surface area contributed by atoms with Gasteiger partial charge in [0.25, 0.3) is 0 Å². The summed E-state index contributed by atoms with van der Waals surface area (Å²) in [6.45, 7) is 7.98. The van der Waals surface area contributed by atoms with E-state index in [1.165, 1.54) is 25.7 Å². The van der Waals surface area contributed by atoms with Gasteiger partial charge in [0.05, 0.1) is 12.3 Å². The van der Waals surface area contributed by atoms with Gasteiger partial charge in [0.1, 0.15) is 5.76 Å². The molecule has 0 aromatic carbocycles. The molecule has 2 atom stereocenters. The average Bonchev–Trinajstić information content (AvgIpc) is 2.79. The Morgan fingerprint density at radius 2 is 2.29 bits per heavy atom. The third-order valence-corrected chi connectivity index (χ3v) is 4.27. The Labute approximate surface area is 105 Å². The topological polar surface area (TPSA) is 25.2 Å². The summed E-state index contributed by atoms with van der Waals surface area (Å²) in [6.07, 6.45) is 7.17. The van der Waals surface area contributed by atoms with Crippen LogP contribution in [0.5, 0.6) is 0 Å². The van der Waals surface area contributed by atoms with Gasteiger partial charge in [-0.2, -0.15) is 0 Å². The van der Waals surface area contributed by atoms with Crippen LogP contribution >= 0.6 is 0 Å². The SMILES string of the molecule is CCNC(c1ccco1)C1CCCCC1(C)C. The zero-order chi connectivity index (χ0) is 12.3. The highest BCUT2D eigenvalue weighted by Gasteiger charge is 2.38. The van der Waals surface area contributed by atoms with Crippen LogP contribution < -0.4 is 5.32 Å². The molecule has 2 nitrogen and oxygen atoms in total. The first-order valence-corrected chi connectivity index (χ1v) is 6.92. The van der Waals surface area contributed by atoms with Crippen LogP contribution in [0.1, 0.15) is 58.3 Å². The molecular formula is C15H25NO. The number of hydrogen-bond acceptors (Lipinski definition) is 2. The Kier molecular flexibility index (Phi) is 3.93. The minimum absolute atomic E-state index is 0.380. The van der Waals surface area contributed by atoms with Crippen molar-refractivity contribution in [2.24, 2.45) is 11.3 Å². The van der Waals surface area contributed by atoms with Gasteiger partial charge >= 0.3 is 0 Å². The molecule has 17 heavy (non-hydrogen) atoms. The molecule has 0 bridgehead atoms. The van der Waals surface area contributed by atoms with Crippen LogP contribution in [0, 0.1) is 11.3 Å². The van der Waals surface area contributed by atoms with E-state index in [-0.39, 0.29) is 0 Å². The number of hydrogen-bond donors (Lipinski definition) is 1. The summed E-state index contributed by atoms with van der Waals surface area (Å²) in [5.41, 5.74) is 0.415. The van der Waals surface area contributed by atoms with Crippen LogP contribution in [0.25, 0.3) is 0 Å². The van der Waals surface area contributed by atoms with Crippen LogP contribution in [0.2, 0.25) is 0 Å². The van der Waals surface area contributed by atoms with Crippen LogP contribution in [-0.4, -0.2) is 6.54 Å². The second-order valence-electron chi connectivity index (χ2n) is 5.89. The van der Waals surface area contributed by atoms with Crippen molar-refractivity contribution in [3.05, 3.63) is 24.2 Å². The molecule has 2 heteroatoms. The van der Waals surface area contributed by atoms with Crippen molar-refractivity contribution in [1.29, 1.82) is 0 Å². The van der Waals surface area contributed by atoms with Gasteiger partial charge in [0.2, 0.25) is 0 Å². The quantitative estimate of drug-likeness (QED) is 0.848. The van der Waals surface area contributed by atoms with Crippen molar-refractivity contribution in [3.63, 3.8) is 0 Å². The molecule has 1 heterocycles. The summed E-state index contributed by atoms with van der Waals surface area (Å²) >= 11 is 0. The highest BCUT2D eigenvalue weighted by molar-refractivity contribution is 5.08. The van der Waals surface area contributed by atoms with Gasteiger partial charge in [-0.25, -0.2) is 0 Å². The highest BCUT2D eigenvalue weighted by Crippen LogP contribution is 2.46. The van der Waals surface area contributed by atoms with Gasteiger partial charge in [-0.15, -0.1) is 0 Å². The van der Waals surface area contributed by atoms with Crippen LogP contribution in [0.4, 0.5) is 0 Å². The van der Waals surface area contributed by atoms with E-state index < -0.39 is 0 Å². The molecule has 1 aromatic heterocycles. The van der Waals surface area contributed by atoms with Crippen molar-refractivity contribution in [2.75, 3.05) is 6.54 Å². The summed E-state index contributed by atoms with van der Waals surface area (Å²) in [5, 5.41) is 3.62. The maximum absolute atomic E-state index is 5.63. The Morgan fingerprint density at radius 1 is 1.47 bits per heavy atom. The molecule has 1 fully saturated rings. The standard InChI is InChI=1S/C15H25NO/c1-4-16-14(13-9-7-11-17-13)12-8-5-6-10-15(12,2)3/h7,9,11-12,14,16H,4-6,8,10H2,1-3H3. The minimum Gasteiger partial charge on any atom is -0.468 e. The van der Waals surface area contributed by atoms with Crippen LogP contribution in [0.15, 0.2) is 22.8 Å². The average molecular weight is 235 g/mol. The minimum atomic E-state index is 0.380. The summed E-state index contributed by atoms with van der Waals surface area (Å²) in [5.74, 6) is 1.79. The van der Waals surface area contributed by atoms with E-state index >= 15 is 0 Å². The fraction of sp³-hybridized carbons (Fsp3) is 0.733. The zero-order valence-corrected chi connectivity index (χ0v) is 11.3. The van der Waals surface area contributed by atoms with E-state index in [0.717, 1.165) is 12.3 Å². The first-order valence-electron chi connectivity index (χ1n) is 6.92. The lowest BCUT2D eigenvalue weighted by atomic mass is 9.65. The smallest absolute Gasteiger partial charge is 0.120 e. The molecule has 1 aliphatic rings. The first kappa shape index (κ1) is 12.7. The zero-order valence-electron chi connectivity index (χ0n) is 11.3. The molecule has 2 rings (SSSR count). The molecule has 1 N–H and O–H groups in total. The molecule has 0 amide bonds. The fourth-order valence-corrected chi connectivity index (χ4v) is 3.27. The van der Waals surface area contributed by atoms with E-state index in [1.54, 1.807) is 6.26 Å². The number of furan rings is 1. The Bertz CT molecular complexity index is 329. The van der Waals surface area contributed by atoms with E-state index in [4.69, 9.17) is 4.42 Å². The second kappa shape index (κ2) is 5.26. The Morgan fingerprint density at radius 3 is 2.88 bits per heavy atom. The second-order valence-corrected chi connectivity index (χ2v) is 5.89. The lowest BCUT2D eigenvalue weighted by molar-refractivity contribution is 0.0900. The summed E-state index contributed by atoms with van der Waals surface area (Å²) in [7, 11) is 0. The highest BCUT2D eigenvalue weighted by atomic mass is 16.3. The van der Waals surface area contributed by atoms with Gasteiger partial charge in [-0.05, 0) is 42.9 Å². The first-order chi connectivity index (χ1) is 8.15. The molecule has 0 spiro atoms. The largest absolute Gasteiger partial charge is 0.468 e. The molecule has 0 saturated heterocycles. The third kappa shape index (κ3) is 2.74. The predicted octanol–water partition coefficient (Wildman–Crippen LogP) is 4.15. The van der Waals surface area contributed by atoms with Gasteiger partial charge in [0, 0.05) is 0 Å². The maximum Gasteiger partial charge on any atom is 0.120 e. The molecule has 0 aliphatic heterocycles. The van der Waals surface area contributed by atoms with Crippen LogP contribution in [0.3, 0.4) is 0 Å². The predicted molar refractivity (Wildman–Crippen MR) is 70.9 cm³/mol. The molecule has 1 saturated carbocycles. The van der Waals surface area contributed by atoms with Gasteiger partial charge in [-0.1, -0.05) is 33.6 Å². The fourth-order valence-electron chi connectivity index (χ4n) is 3.27. The van der Waals surface area contributed by atoms with Crippen molar-refractivity contribution < 1.29 is 4.42 Å². The summed E-state index contributed by atoms with van der Waals surface area (Å²) in [6, 6.07) is 4.48. The van der Waals surface area contributed by atoms with E-state index in [0.29, 0.717) is 17.4 Å². The van der Waals surface area contributed by atoms with Gasteiger partial charge in [0.15, 0.2) is 0 Å². The van der Waals surface area contributed by atoms with Gasteiger partial charge in [-0.3, -0.25) is 0 Å². The number of rotatable bonds is 4. The van der Waals surface area contributed by atoms with Crippen molar-refractivity contribution in [3.8, 4) is 0 Å². The summed E-state index contributed by atoms with van der Waals surface area (Å²) in [4.78, 5) is 0. The summed E-state index contributed by atoms with van der Waals surface area (Å²) < 4.78 is 5.63. The Balaban J connectivity index is 2.20. The molecule has 96 valence electrons. The molecule has 1 aliphatic carbocycles. The van der Waals surface area contributed by atoms with E-state index in [9.17, 15) is 0 Å². The molecular weight excluding hydrogens is 210 g/mol.